The van der Waals surface area contributed by atoms with Crippen LogP contribution in [0.1, 0.15) is 38.7 Å². The number of nitrogens with one attached hydrogen (secondary N) is 1. The number of hydrogen-bond acceptors (Lipinski definition) is 2. The van der Waals surface area contributed by atoms with E-state index in [-0.39, 0.29) is 0 Å². The molecule has 1 rings (SSSR count). The first kappa shape index (κ1) is 12.1. The molecule has 0 saturated heterocycles. The smallest absolute Gasteiger partial charge is 0.115 e. The van der Waals surface area contributed by atoms with Gasteiger partial charge in [-0.15, -0.1) is 0 Å². The second-order valence-corrected chi connectivity index (χ2v) is 4.09. The Hall–Kier alpha value is -1.02. The normalized spacial score (nSPS) is 12.7. The van der Waals surface area contributed by atoms with Crippen LogP contribution in [0.5, 0.6) is 5.75 Å². The maximum absolute atomic E-state index is 9.29. The fraction of sp³-hybridized carbons (Fsp3) is 0.538. The van der Waals surface area contributed by atoms with Gasteiger partial charge >= 0.3 is 0 Å². The van der Waals surface area contributed by atoms with E-state index in [9.17, 15) is 5.11 Å². The van der Waals surface area contributed by atoms with Crippen molar-refractivity contribution in [1.29, 1.82) is 0 Å². The lowest BCUT2D eigenvalue weighted by atomic mass is 10.1. The fourth-order valence-electron chi connectivity index (χ4n) is 1.57. The molecule has 0 radical (unpaired) electrons. The van der Waals surface area contributed by atoms with E-state index >= 15 is 0 Å². The lowest BCUT2D eigenvalue weighted by molar-refractivity contribution is 0.470. The van der Waals surface area contributed by atoms with Crippen LogP contribution in [-0.2, 0) is 6.54 Å². The second kappa shape index (κ2) is 6.46. The van der Waals surface area contributed by atoms with E-state index in [0.29, 0.717) is 11.8 Å². The van der Waals surface area contributed by atoms with Crippen molar-refractivity contribution in [2.24, 2.45) is 0 Å². The fourth-order valence-corrected chi connectivity index (χ4v) is 1.57. The molecule has 2 N–H and O–H groups in total. The molecule has 0 heterocycles. The van der Waals surface area contributed by atoms with E-state index < -0.39 is 0 Å². The molecule has 1 unspecified atom stereocenters. The van der Waals surface area contributed by atoms with E-state index in [4.69, 9.17) is 0 Å². The van der Waals surface area contributed by atoms with Crippen molar-refractivity contribution in [1.82, 2.24) is 5.32 Å². The van der Waals surface area contributed by atoms with Gasteiger partial charge in [-0.25, -0.2) is 0 Å². The Morgan fingerprint density at radius 2 is 2.20 bits per heavy atom. The van der Waals surface area contributed by atoms with Gasteiger partial charge < -0.3 is 10.4 Å². The third-order valence-electron chi connectivity index (χ3n) is 2.56. The second-order valence-electron chi connectivity index (χ2n) is 4.09. The van der Waals surface area contributed by atoms with Crippen LogP contribution in [0, 0.1) is 0 Å². The van der Waals surface area contributed by atoms with Gasteiger partial charge in [0.25, 0.3) is 0 Å². The molecule has 0 aromatic heterocycles. The summed E-state index contributed by atoms with van der Waals surface area (Å²) in [7, 11) is 0. The van der Waals surface area contributed by atoms with Crippen LogP contribution in [0.25, 0.3) is 0 Å². The van der Waals surface area contributed by atoms with Gasteiger partial charge in [-0.3, -0.25) is 0 Å². The first-order valence-corrected chi connectivity index (χ1v) is 5.73. The zero-order valence-corrected chi connectivity index (χ0v) is 9.66. The molecule has 0 aliphatic rings. The van der Waals surface area contributed by atoms with E-state index in [1.807, 2.05) is 12.1 Å². The minimum absolute atomic E-state index is 0.343. The summed E-state index contributed by atoms with van der Waals surface area (Å²) in [4.78, 5) is 0. The SMILES string of the molecule is CCCCC(C)NCc1cccc(O)c1. The molecule has 15 heavy (non-hydrogen) atoms. The maximum Gasteiger partial charge on any atom is 0.115 e. The van der Waals surface area contributed by atoms with Crippen molar-refractivity contribution < 1.29 is 5.11 Å². The van der Waals surface area contributed by atoms with Crippen molar-refractivity contribution in [3.05, 3.63) is 29.8 Å². The number of phenolic OH excluding ortho intramolecular Hbond substituents is 1. The van der Waals surface area contributed by atoms with Crippen LogP contribution in [0.15, 0.2) is 24.3 Å². The standard InChI is InChI=1S/C13H21NO/c1-3-4-6-11(2)14-10-12-7-5-8-13(15)9-12/h5,7-9,11,14-15H,3-4,6,10H2,1-2H3. The highest BCUT2D eigenvalue weighted by molar-refractivity contribution is 5.26. The summed E-state index contributed by atoms with van der Waals surface area (Å²) in [6.45, 7) is 5.25. The molecule has 84 valence electrons. The van der Waals surface area contributed by atoms with Gasteiger partial charge in [0.15, 0.2) is 0 Å². The van der Waals surface area contributed by atoms with Crippen molar-refractivity contribution in [3.8, 4) is 5.75 Å². The highest BCUT2D eigenvalue weighted by Gasteiger charge is 2.00. The zero-order chi connectivity index (χ0) is 11.1. The highest BCUT2D eigenvalue weighted by atomic mass is 16.3. The minimum atomic E-state index is 0.343. The Balaban J connectivity index is 2.30. The number of benzene rings is 1. The summed E-state index contributed by atoms with van der Waals surface area (Å²) >= 11 is 0. The molecular formula is C13H21NO. The van der Waals surface area contributed by atoms with Gasteiger partial charge in [0.05, 0.1) is 0 Å². The molecule has 0 aliphatic heterocycles. The van der Waals surface area contributed by atoms with Crippen LogP contribution in [0.4, 0.5) is 0 Å². The predicted octanol–water partition coefficient (Wildman–Crippen LogP) is 3.06. The Labute approximate surface area is 92.3 Å². The Morgan fingerprint density at radius 3 is 2.87 bits per heavy atom. The van der Waals surface area contributed by atoms with Gasteiger partial charge in [0.1, 0.15) is 5.75 Å². The number of rotatable bonds is 6. The monoisotopic (exact) mass is 207 g/mol. The molecule has 2 heteroatoms. The molecular weight excluding hydrogens is 186 g/mol. The largest absolute Gasteiger partial charge is 0.508 e. The average Bonchev–Trinajstić information content (AvgIpc) is 2.23. The molecule has 1 aromatic rings. The third-order valence-corrected chi connectivity index (χ3v) is 2.56. The van der Waals surface area contributed by atoms with Crippen LogP contribution in [0.3, 0.4) is 0 Å². The van der Waals surface area contributed by atoms with E-state index in [0.717, 1.165) is 12.1 Å². The zero-order valence-electron chi connectivity index (χ0n) is 9.66. The number of aromatic hydroxyl groups is 1. The number of unbranched alkanes of at least 4 members (excludes halogenated alkanes) is 1. The highest BCUT2D eigenvalue weighted by Crippen LogP contribution is 2.11. The van der Waals surface area contributed by atoms with Crippen molar-refractivity contribution >= 4 is 0 Å². The number of phenols is 1. The van der Waals surface area contributed by atoms with E-state index in [1.165, 1.54) is 19.3 Å². The van der Waals surface area contributed by atoms with Crippen LogP contribution >= 0.6 is 0 Å². The molecule has 0 fully saturated rings. The lowest BCUT2D eigenvalue weighted by Gasteiger charge is -2.13. The summed E-state index contributed by atoms with van der Waals surface area (Å²) in [6, 6.07) is 7.96. The molecule has 1 atom stereocenters. The summed E-state index contributed by atoms with van der Waals surface area (Å²) in [5.74, 6) is 0.343. The van der Waals surface area contributed by atoms with E-state index in [1.54, 1.807) is 12.1 Å². The topological polar surface area (TPSA) is 32.3 Å². The molecule has 0 saturated carbocycles. The van der Waals surface area contributed by atoms with Gasteiger partial charge in [-0.1, -0.05) is 31.9 Å². The Bertz CT molecular complexity index is 286. The lowest BCUT2D eigenvalue weighted by Crippen LogP contribution is -2.25. The van der Waals surface area contributed by atoms with Gasteiger partial charge in [0.2, 0.25) is 0 Å². The van der Waals surface area contributed by atoms with Crippen molar-refractivity contribution in [3.63, 3.8) is 0 Å². The van der Waals surface area contributed by atoms with Gasteiger partial charge in [-0.05, 0) is 31.0 Å². The van der Waals surface area contributed by atoms with Crippen LogP contribution in [0.2, 0.25) is 0 Å². The molecule has 0 spiro atoms. The molecule has 2 nitrogen and oxygen atoms in total. The maximum atomic E-state index is 9.29. The summed E-state index contributed by atoms with van der Waals surface area (Å²) < 4.78 is 0. The summed E-state index contributed by atoms with van der Waals surface area (Å²) in [5.41, 5.74) is 1.14. The van der Waals surface area contributed by atoms with Crippen molar-refractivity contribution in [2.75, 3.05) is 0 Å². The molecule has 0 amide bonds. The first-order valence-electron chi connectivity index (χ1n) is 5.73. The quantitative estimate of drug-likeness (QED) is 0.751. The van der Waals surface area contributed by atoms with Crippen LogP contribution in [-0.4, -0.2) is 11.1 Å². The van der Waals surface area contributed by atoms with Crippen LogP contribution < -0.4 is 5.32 Å². The minimum Gasteiger partial charge on any atom is -0.508 e. The van der Waals surface area contributed by atoms with Gasteiger partial charge in [0, 0.05) is 12.6 Å². The average molecular weight is 207 g/mol. The Kier molecular flexibility index (Phi) is 5.19. The van der Waals surface area contributed by atoms with Gasteiger partial charge in [-0.2, -0.15) is 0 Å². The Morgan fingerprint density at radius 1 is 1.40 bits per heavy atom. The first-order chi connectivity index (χ1) is 7.22. The number of hydrogen-bond donors (Lipinski definition) is 2. The third kappa shape index (κ3) is 4.84. The summed E-state index contributed by atoms with van der Waals surface area (Å²) in [6.07, 6.45) is 3.74. The molecule has 0 aliphatic carbocycles. The van der Waals surface area contributed by atoms with Crippen molar-refractivity contribution in [2.45, 2.75) is 45.7 Å². The summed E-state index contributed by atoms with van der Waals surface area (Å²) in [5, 5.41) is 12.7. The van der Waals surface area contributed by atoms with E-state index in [2.05, 4.69) is 19.2 Å². The predicted molar refractivity (Wildman–Crippen MR) is 63.9 cm³/mol. The molecule has 0 bridgehead atoms. The molecule has 1 aromatic carbocycles.